The predicted molar refractivity (Wildman–Crippen MR) is 128 cm³/mol. The lowest BCUT2D eigenvalue weighted by Crippen LogP contribution is -2.44. The Hall–Kier alpha value is -2.97. The zero-order valence-electron chi connectivity index (χ0n) is 18.9. The third-order valence-electron chi connectivity index (χ3n) is 6.16. The SMILES string of the molecule is CC(Nc1c(Cl)cnc2ccc(-c3cnc(C(C)(C)O)nc3)cc12)[C@H]1CCCN(C(=O)O)C1. The van der Waals surface area contributed by atoms with E-state index < -0.39 is 11.7 Å². The van der Waals surface area contributed by atoms with Crippen LogP contribution < -0.4 is 5.32 Å². The fourth-order valence-electron chi connectivity index (χ4n) is 4.22. The summed E-state index contributed by atoms with van der Waals surface area (Å²) in [5, 5.41) is 24.4. The Morgan fingerprint density at radius 2 is 1.94 bits per heavy atom. The molecule has 174 valence electrons. The number of carbonyl (C=O) groups is 1. The summed E-state index contributed by atoms with van der Waals surface area (Å²) in [6.45, 7) is 6.43. The van der Waals surface area contributed by atoms with Crippen molar-refractivity contribution in [2.45, 2.75) is 45.3 Å². The van der Waals surface area contributed by atoms with Crippen molar-refractivity contribution in [2.75, 3.05) is 18.4 Å². The Balaban J connectivity index is 1.64. The van der Waals surface area contributed by atoms with Crippen molar-refractivity contribution >= 4 is 34.3 Å². The van der Waals surface area contributed by atoms with Crippen LogP contribution in [0.25, 0.3) is 22.0 Å². The highest BCUT2D eigenvalue weighted by molar-refractivity contribution is 6.34. The second-order valence-corrected chi connectivity index (χ2v) is 9.54. The van der Waals surface area contributed by atoms with E-state index in [-0.39, 0.29) is 12.0 Å². The molecule has 3 N–H and O–H groups in total. The maximum Gasteiger partial charge on any atom is 0.407 e. The van der Waals surface area contributed by atoms with Gasteiger partial charge in [-0.2, -0.15) is 0 Å². The Bertz CT molecular complexity index is 1160. The van der Waals surface area contributed by atoms with Crippen LogP contribution in [0.15, 0.2) is 36.8 Å². The average molecular weight is 470 g/mol. The number of hydrogen-bond acceptors (Lipinski definition) is 6. The molecule has 2 atom stereocenters. The average Bonchev–Trinajstić information content (AvgIpc) is 2.80. The standard InChI is InChI=1S/C24H28ClN5O3/c1-14(16-5-4-8-30(13-16)23(31)32)29-21-18-9-15(6-7-20(18)26-12-19(21)25)17-10-27-22(28-11-17)24(2,3)33/h6-7,9-12,14,16,33H,4-5,8,13H2,1-3H3,(H,26,29)(H,31,32)/t14?,16-/m0/s1. The number of rotatable bonds is 5. The molecule has 0 spiro atoms. The molecular formula is C24H28ClN5O3. The summed E-state index contributed by atoms with van der Waals surface area (Å²) in [5.41, 5.74) is 2.18. The summed E-state index contributed by atoms with van der Waals surface area (Å²) in [6.07, 6.45) is 5.94. The minimum atomic E-state index is -1.11. The smallest absolute Gasteiger partial charge is 0.407 e. The van der Waals surface area contributed by atoms with Gasteiger partial charge in [-0.25, -0.2) is 14.8 Å². The van der Waals surface area contributed by atoms with E-state index in [1.165, 1.54) is 4.90 Å². The molecule has 1 fully saturated rings. The molecule has 1 amide bonds. The predicted octanol–water partition coefficient (Wildman–Crippen LogP) is 4.76. The molecule has 2 aromatic heterocycles. The maximum absolute atomic E-state index is 11.4. The molecule has 9 heteroatoms. The number of carboxylic acid groups (broad SMARTS) is 1. The number of halogens is 1. The van der Waals surface area contributed by atoms with Crippen LogP contribution in [0.5, 0.6) is 0 Å². The number of aliphatic hydroxyl groups is 1. The minimum Gasteiger partial charge on any atom is -0.465 e. The van der Waals surface area contributed by atoms with Crippen LogP contribution in [0, 0.1) is 5.92 Å². The molecule has 8 nitrogen and oxygen atoms in total. The normalized spacial score (nSPS) is 17.7. The van der Waals surface area contributed by atoms with Crippen molar-refractivity contribution < 1.29 is 15.0 Å². The Morgan fingerprint density at radius 3 is 2.61 bits per heavy atom. The van der Waals surface area contributed by atoms with Gasteiger partial charge in [0.2, 0.25) is 0 Å². The molecule has 1 aliphatic heterocycles. The van der Waals surface area contributed by atoms with Crippen LogP contribution in [0.1, 0.15) is 39.4 Å². The van der Waals surface area contributed by atoms with Gasteiger partial charge >= 0.3 is 6.09 Å². The van der Waals surface area contributed by atoms with E-state index in [1.807, 2.05) is 18.2 Å². The number of hydrogen-bond donors (Lipinski definition) is 3. The van der Waals surface area contributed by atoms with Crippen molar-refractivity contribution in [1.29, 1.82) is 0 Å². The molecule has 1 aromatic carbocycles. The summed E-state index contributed by atoms with van der Waals surface area (Å²) < 4.78 is 0. The summed E-state index contributed by atoms with van der Waals surface area (Å²) in [4.78, 5) is 26.0. The van der Waals surface area contributed by atoms with Gasteiger partial charge in [0.1, 0.15) is 5.60 Å². The van der Waals surface area contributed by atoms with E-state index in [0.29, 0.717) is 23.9 Å². The van der Waals surface area contributed by atoms with Crippen molar-refractivity contribution in [3.8, 4) is 11.1 Å². The Morgan fingerprint density at radius 1 is 1.21 bits per heavy atom. The van der Waals surface area contributed by atoms with Crippen LogP contribution in [-0.2, 0) is 5.60 Å². The number of amides is 1. The topological polar surface area (TPSA) is 111 Å². The molecule has 4 rings (SSSR count). The van der Waals surface area contributed by atoms with Crippen LogP contribution in [0.2, 0.25) is 5.02 Å². The third kappa shape index (κ3) is 5.02. The first-order valence-electron chi connectivity index (χ1n) is 11.0. The minimum absolute atomic E-state index is 0.0216. The first-order chi connectivity index (χ1) is 15.6. The second-order valence-electron chi connectivity index (χ2n) is 9.13. The molecule has 1 aliphatic rings. The number of nitrogens with one attached hydrogen (secondary N) is 1. The summed E-state index contributed by atoms with van der Waals surface area (Å²) in [6, 6.07) is 5.89. The number of benzene rings is 1. The lowest BCUT2D eigenvalue weighted by molar-refractivity contribution is 0.0687. The number of aromatic nitrogens is 3. The van der Waals surface area contributed by atoms with Crippen LogP contribution >= 0.6 is 11.6 Å². The second kappa shape index (κ2) is 9.11. The van der Waals surface area contributed by atoms with E-state index >= 15 is 0 Å². The van der Waals surface area contributed by atoms with Crippen LogP contribution in [0.3, 0.4) is 0 Å². The Kier molecular flexibility index (Phi) is 6.41. The van der Waals surface area contributed by atoms with Gasteiger partial charge in [-0.1, -0.05) is 17.7 Å². The molecule has 0 saturated carbocycles. The highest BCUT2D eigenvalue weighted by atomic mass is 35.5. The van der Waals surface area contributed by atoms with Crippen molar-refractivity contribution in [3.05, 3.63) is 47.6 Å². The lowest BCUT2D eigenvalue weighted by Gasteiger charge is -2.35. The van der Waals surface area contributed by atoms with Gasteiger partial charge in [-0.05, 0) is 57.2 Å². The van der Waals surface area contributed by atoms with E-state index in [0.717, 1.165) is 40.6 Å². The monoisotopic (exact) mass is 469 g/mol. The zero-order valence-corrected chi connectivity index (χ0v) is 19.7. The molecule has 0 aliphatic carbocycles. The largest absolute Gasteiger partial charge is 0.465 e. The number of nitrogens with zero attached hydrogens (tertiary/aromatic N) is 4. The summed E-state index contributed by atoms with van der Waals surface area (Å²) in [5.74, 6) is 0.538. The quantitative estimate of drug-likeness (QED) is 0.493. The first kappa shape index (κ1) is 23.2. The van der Waals surface area contributed by atoms with E-state index in [1.54, 1.807) is 32.4 Å². The highest BCUT2D eigenvalue weighted by Crippen LogP contribution is 2.34. The molecule has 0 radical (unpaired) electrons. The molecular weight excluding hydrogens is 442 g/mol. The number of anilines is 1. The van der Waals surface area contributed by atoms with Gasteiger partial charge in [-0.15, -0.1) is 0 Å². The molecule has 1 unspecified atom stereocenters. The fourth-order valence-corrected chi connectivity index (χ4v) is 4.43. The van der Waals surface area contributed by atoms with E-state index in [4.69, 9.17) is 11.6 Å². The number of pyridine rings is 1. The number of fused-ring (bicyclic) bond motifs is 1. The maximum atomic E-state index is 11.4. The summed E-state index contributed by atoms with van der Waals surface area (Å²) in [7, 11) is 0. The number of likely N-dealkylation sites (tertiary alicyclic amines) is 1. The van der Waals surface area contributed by atoms with Gasteiger partial charge in [0.25, 0.3) is 0 Å². The van der Waals surface area contributed by atoms with E-state index in [2.05, 4.69) is 27.2 Å². The molecule has 3 aromatic rings. The fraction of sp³-hybridized carbons (Fsp3) is 0.417. The molecule has 3 heterocycles. The lowest BCUT2D eigenvalue weighted by atomic mass is 9.91. The molecule has 1 saturated heterocycles. The van der Waals surface area contributed by atoms with Crippen LogP contribution in [-0.4, -0.2) is 55.3 Å². The van der Waals surface area contributed by atoms with Gasteiger partial charge in [0.05, 0.1) is 16.2 Å². The highest BCUT2D eigenvalue weighted by Gasteiger charge is 2.28. The number of piperidine rings is 1. The van der Waals surface area contributed by atoms with Gasteiger partial charge in [0.15, 0.2) is 5.82 Å². The molecule has 0 bridgehead atoms. The zero-order chi connectivity index (χ0) is 23.8. The first-order valence-corrected chi connectivity index (χ1v) is 11.4. The van der Waals surface area contributed by atoms with Gasteiger partial charge in [0, 0.05) is 48.7 Å². The Labute approximate surface area is 197 Å². The van der Waals surface area contributed by atoms with Gasteiger partial charge < -0.3 is 20.4 Å². The third-order valence-corrected chi connectivity index (χ3v) is 6.45. The van der Waals surface area contributed by atoms with Crippen molar-refractivity contribution in [2.24, 2.45) is 5.92 Å². The van der Waals surface area contributed by atoms with Crippen molar-refractivity contribution in [1.82, 2.24) is 19.9 Å². The van der Waals surface area contributed by atoms with Crippen molar-refractivity contribution in [3.63, 3.8) is 0 Å². The van der Waals surface area contributed by atoms with Gasteiger partial charge in [-0.3, -0.25) is 4.98 Å². The van der Waals surface area contributed by atoms with E-state index in [9.17, 15) is 15.0 Å². The summed E-state index contributed by atoms with van der Waals surface area (Å²) >= 11 is 6.55. The molecule has 33 heavy (non-hydrogen) atoms. The van der Waals surface area contributed by atoms with Crippen LogP contribution in [0.4, 0.5) is 10.5 Å².